The highest BCUT2D eigenvalue weighted by atomic mass is 16.4. The lowest BCUT2D eigenvalue weighted by Gasteiger charge is -2.15. The monoisotopic (exact) mass is 214 g/mol. The number of hydrogen-bond donors (Lipinski definition) is 3. The fourth-order valence-corrected chi connectivity index (χ4v) is 1.82. The molecule has 0 aromatic heterocycles. The minimum absolute atomic E-state index is 0.195. The lowest BCUT2D eigenvalue weighted by atomic mass is 10.1. The van der Waals surface area contributed by atoms with Gasteiger partial charge in [-0.25, -0.2) is 4.79 Å². The van der Waals surface area contributed by atoms with Crippen LogP contribution in [0.5, 0.6) is 0 Å². The summed E-state index contributed by atoms with van der Waals surface area (Å²) in [4.78, 5) is 21.8. The Morgan fingerprint density at radius 1 is 1.40 bits per heavy atom. The maximum atomic E-state index is 11.3. The van der Waals surface area contributed by atoms with E-state index in [0.29, 0.717) is 5.92 Å². The summed E-state index contributed by atoms with van der Waals surface area (Å²) < 4.78 is 0. The number of carboxylic acid groups (broad SMARTS) is 1. The van der Waals surface area contributed by atoms with E-state index in [4.69, 9.17) is 5.11 Å². The summed E-state index contributed by atoms with van der Waals surface area (Å²) >= 11 is 0. The molecule has 3 N–H and O–H groups in total. The molecule has 1 fully saturated rings. The van der Waals surface area contributed by atoms with E-state index in [1.54, 1.807) is 0 Å². The third-order valence-electron chi connectivity index (χ3n) is 2.75. The Labute approximate surface area is 89.2 Å². The number of hydrogen-bond acceptors (Lipinski definition) is 2. The molecule has 0 aromatic carbocycles. The van der Waals surface area contributed by atoms with Gasteiger partial charge in [-0.2, -0.15) is 0 Å². The summed E-state index contributed by atoms with van der Waals surface area (Å²) in [7, 11) is 0. The van der Waals surface area contributed by atoms with Gasteiger partial charge in [0, 0.05) is 6.04 Å². The number of aliphatic carboxylic acids is 1. The molecular formula is C10H18N2O3. The number of carbonyl (C=O) groups is 2. The highest BCUT2D eigenvalue weighted by Crippen LogP contribution is 2.24. The SMILES string of the molecule is CC1CCC(NC(=O)N[C@H](C)C(=O)O)C1. The van der Waals surface area contributed by atoms with Crippen LogP contribution in [0.1, 0.15) is 33.1 Å². The van der Waals surface area contributed by atoms with Gasteiger partial charge in [-0.05, 0) is 32.1 Å². The number of rotatable bonds is 3. The van der Waals surface area contributed by atoms with Crippen LogP contribution in [0.25, 0.3) is 0 Å². The third-order valence-corrected chi connectivity index (χ3v) is 2.75. The first-order chi connectivity index (χ1) is 6.99. The van der Waals surface area contributed by atoms with Crippen LogP contribution in [0.15, 0.2) is 0 Å². The summed E-state index contributed by atoms with van der Waals surface area (Å²) in [6.07, 6.45) is 3.09. The second-order valence-electron chi connectivity index (χ2n) is 4.29. The van der Waals surface area contributed by atoms with Crippen molar-refractivity contribution >= 4 is 12.0 Å². The second kappa shape index (κ2) is 5.00. The van der Waals surface area contributed by atoms with Crippen LogP contribution in [-0.2, 0) is 4.79 Å². The van der Waals surface area contributed by atoms with Crippen LogP contribution < -0.4 is 10.6 Å². The van der Waals surface area contributed by atoms with E-state index in [0.717, 1.165) is 19.3 Å². The molecule has 0 aliphatic heterocycles. The normalized spacial score (nSPS) is 27.1. The van der Waals surface area contributed by atoms with Gasteiger partial charge in [0.1, 0.15) is 6.04 Å². The van der Waals surface area contributed by atoms with E-state index in [2.05, 4.69) is 17.6 Å². The molecular weight excluding hydrogens is 196 g/mol. The molecule has 3 atom stereocenters. The van der Waals surface area contributed by atoms with E-state index in [-0.39, 0.29) is 12.1 Å². The van der Waals surface area contributed by atoms with E-state index >= 15 is 0 Å². The molecule has 5 nitrogen and oxygen atoms in total. The number of urea groups is 1. The predicted octanol–water partition coefficient (Wildman–Crippen LogP) is 0.947. The van der Waals surface area contributed by atoms with Crippen LogP contribution in [-0.4, -0.2) is 29.2 Å². The molecule has 0 spiro atoms. The summed E-state index contributed by atoms with van der Waals surface area (Å²) in [6, 6.07) is -1.03. The van der Waals surface area contributed by atoms with Gasteiger partial charge < -0.3 is 15.7 Å². The first kappa shape index (κ1) is 11.8. The van der Waals surface area contributed by atoms with Gasteiger partial charge >= 0.3 is 12.0 Å². The van der Waals surface area contributed by atoms with Crippen molar-refractivity contribution < 1.29 is 14.7 Å². The summed E-state index contributed by atoms with van der Waals surface area (Å²) in [5, 5.41) is 13.7. The maximum Gasteiger partial charge on any atom is 0.325 e. The fourth-order valence-electron chi connectivity index (χ4n) is 1.82. The smallest absolute Gasteiger partial charge is 0.325 e. The molecule has 2 unspecified atom stereocenters. The van der Waals surface area contributed by atoms with Crippen molar-refractivity contribution in [1.29, 1.82) is 0 Å². The maximum absolute atomic E-state index is 11.3. The molecule has 0 radical (unpaired) electrons. The second-order valence-corrected chi connectivity index (χ2v) is 4.29. The van der Waals surface area contributed by atoms with Gasteiger partial charge in [0.15, 0.2) is 0 Å². The summed E-state index contributed by atoms with van der Waals surface area (Å²) in [6.45, 7) is 3.60. The number of carbonyl (C=O) groups excluding carboxylic acids is 1. The summed E-state index contributed by atoms with van der Waals surface area (Å²) in [5.41, 5.74) is 0. The average molecular weight is 214 g/mol. The molecule has 86 valence electrons. The Morgan fingerprint density at radius 2 is 2.07 bits per heavy atom. The molecule has 15 heavy (non-hydrogen) atoms. The Balaban J connectivity index is 2.27. The van der Waals surface area contributed by atoms with Crippen LogP contribution in [0.2, 0.25) is 0 Å². The minimum Gasteiger partial charge on any atom is -0.480 e. The molecule has 0 bridgehead atoms. The number of carboxylic acids is 1. The van der Waals surface area contributed by atoms with Gasteiger partial charge in [0.2, 0.25) is 0 Å². The molecule has 5 heteroatoms. The van der Waals surface area contributed by atoms with Gasteiger partial charge in [-0.3, -0.25) is 4.79 Å². The fraction of sp³-hybridized carbons (Fsp3) is 0.800. The highest BCUT2D eigenvalue weighted by Gasteiger charge is 2.23. The average Bonchev–Trinajstić information content (AvgIpc) is 2.50. The highest BCUT2D eigenvalue weighted by molar-refractivity contribution is 5.82. The molecule has 0 heterocycles. The predicted molar refractivity (Wildman–Crippen MR) is 55.6 cm³/mol. The Kier molecular flexibility index (Phi) is 3.94. The quantitative estimate of drug-likeness (QED) is 0.654. The molecule has 1 aliphatic rings. The lowest BCUT2D eigenvalue weighted by Crippen LogP contribution is -2.47. The number of nitrogens with one attached hydrogen (secondary N) is 2. The Morgan fingerprint density at radius 3 is 2.53 bits per heavy atom. The van der Waals surface area contributed by atoms with Crippen LogP contribution in [0.3, 0.4) is 0 Å². The van der Waals surface area contributed by atoms with E-state index in [1.165, 1.54) is 6.92 Å². The van der Waals surface area contributed by atoms with E-state index < -0.39 is 12.0 Å². The van der Waals surface area contributed by atoms with Crippen LogP contribution >= 0.6 is 0 Å². The van der Waals surface area contributed by atoms with Gasteiger partial charge in [0.25, 0.3) is 0 Å². The van der Waals surface area contributed by atoms with E-state index in [9.17, 15) is 9.59 Å². The van der Waals surface area contributed by atoms with Crippen molar-refractivity contribution in [2.75, 3.05) is 0 Å². The van der Waals surface area contributed by atoms with Crippen LogP contribution in [0, 0.1) is 5.92 Å². The zero-order valence-electron chi connectivity index (χ0n) is 9.12. The molecule has 2 amide bonds. The molecule has 1 saturated carbocycles. The van der Waals surface area contributed by atoms with Crippen molar-refractivity contribution in [1.82, 2.24) is 10.6 Å². The van der Waals surface area contributed by atoms with Crippen molar-refractivity contribution in [2.45, 2.75) is 45.2 Å². The first-order valence-corrected chi connectivity index (χ1v) is 5.29. The molecule has 1 rings (SSSR count). The van der Waals surface area contributed by atoms with Crippen LogP contribution in [0.4, 0.5) is 4.79 Å². The Bertz CT molecular complexity index is 255. The Hall–Kier alpha value is -1.26. The standard InChI is InChI=1S/C10H18N2O3/c1-6-3-4-8(5-6)12-10(15)11-7(2)9(13)14/h6-8H,3-5H2,1-2H3,(H,13,14)(H2,11,12,15)/t6?,7-,8?/m1/s1. The van der Waals surface area contributed by atoms with E-state index in [1.807, 2.05) is 0 Å². The molecule has 1 aliphatic carbocycles. The molecule has 0 aromatic rings. The van der Waals surface area contributed by atoms with Crippen molar-refractivity contribution in [3.8, 4) is 0 Å². The topological polar surface area (TPSA) is 78.4 Å². The summed E-state index contributed by atoms with van der Waals surface area (Å²) in [5.74, 6) is -0.378. The minimum atomic E-state index is -1.02. The van der Waals surface area contributed by atoms with Crippen molar-refractivity contribution in [3.63, 3.8) is 0 Å². The van der Waals surface area contributed by atoms with Gasteiger partial charge in [-0.15, -0.1) is 0 Å². The zero-order valence-corrected chi connectivity index (χ0v) is 9.12. The van der Waals surface area contributed by atoms with Gasteiger partial charge in [-0.1, -0.05) is 6.92 Å². The lowest BCUT2D eigenvalue weighted by molar-refractivity contribution is -0.138. The number of amides is 2. The first-order valence-electron chi connectivity index (χ1n) is 5.29. The third kappa shape index (κ3) is 3.77. The van der Waals surface area contributed by atoms with Crippen molar-refractivity contribution in [2.24, 2.45) is 5.92 Å². The van der Waals surface area contributed by atoms with Gasteiger partial charge in [0.05, 0.1) is 0 Å². The van der Waals surface area contributed by atoms with Crippen molar-refractivity contribution in [3.05, 3.63) is 0 Å². The molecule has 0 saturated heterocycles. The largest absolute Gasteiger partial charge is 0.480 e. The zero-order chi connectivity index (χ0) is 11.4.